The van der Waals surface area contributed by atoms with Crippen LogP contribution in [0.5, 0.6) is 0 Å². The van der Waals surface area contributed by atoms with Gasteiger partial charge in [-0.25, -0.2) is 0 Å². The van der Waals surface area contributed by atoms with Crippen molar-refractivity contribution in [1.82, 2.24) is 10.9 Å². The molecule has 8 nitrogen and oxygen atoms in total. The van der Waals surface area contributed by atoms with E-state index in [2.05, 4.69) is 52.2 Å². The fourth-order valence-corrected chi connectivity index (χ4v) is 2.84. The van der Waals surface area contributed by atoms with Crippen molar-refractivity contribution in [2.24, 2.45) is 33.1 Å². The van der Waals surface area contributed by atoms with E-state index in [4.69, 9.17) is 22.9 Å². The van der Waals surface area contributed by atoms with Gasteiger partial charge in [0.05, 0.1) is 5.71 Å². The molecule has 0 spiro atoms. The third-order valence-corrected chi connectivity index (χ3v) is 3.83. The summed E-state index contributed by atoms with van der Waals surface area (Å²) in [4.78, 5) is 0. The Kier molecular flexibility index (Phi) is 4.45. The SMILES string of the molecule is Cc1ccc2c3c(ccc2c1)C(=N\NC(N)N)/C(=N\NC(N)N)C3. The average Bonchev–Trinajstić information content (AvgIpc) is 2.88. The second-order valence-corrected chi connectivity index (χ2v) is 5.82. The van der Waals surface area contributed by atoms with Crippen LogP contribution in [0.3, 0.4) is 0 Å². The van der Waals surface area contributed by atoms with Crippen molar-refractivity contribution in [3.05, 3.63) is 47.0 Å². The molecule has 0 atom stereocenters. The van der Waals surface area contributed by atoms with Crippen molar-refractivity contribution >= 4 is 22.2 Å². The molecule has 1 aliphatic rings. The number of nitrogens with two attached hydrogens (primary N) is 4. The van der Waals surface area contributed by atoms with Gasteiger partial charge in [-0.3, -0.25) is 33.8 Å². The number of hydrogen-bond donors (Lipinski definition) is 6. The molecular weight excluding hydrogens is 304 g/mol. The Bertz CT molecular complexity index is 822. The van der Waals surface area contributed by atoms with Gasteiger partial charge in [-0.1, -0.05) is 35.9 Å². The van der Waals surface area contributed by atoms with Crippen LogP contribution in [0, 0.1) is 6.92 Å². The molecule has 0 unspecified atom stereocenters. The third kappa shape index (κ3) is 3.22. The lowest BCUT2D eigenvalue weighted by atomic mass is 9.99. The van der Waals surface area contributed by atoms with Gasteiger partial charge in [-0.05, 0) is 23.3 Å². The highest BCUT2D eigenvalue weighted by atomic mass is 15.4. The fraction of sp³-hybridized carbons (Fsp3) is 0.250. The molecule has 0 aromatic heterocycles. The summed E-state index contributed by atoms with van der Waals surface area (Å²) >= 11 is 0. The molecule has 1 aliphatic carbocycles. The Balaban J connectivity index is 2.10. The van der Waals surface area contributed by atoms with Crippen LogP contribution in [0.4, 0.5) is 0 Å². The van der Waals surface area contributed by atoms with E-state index in [1.807, 2.05) is 6.07 Å². The molecule has 0 bridgehead atoms. The number of hydrogen-bond acceptors (Lipinski definition) is 8. The molecule has 3 rings (SSSR count). The van der Waals surface area contributed by atoms with Gasteiger partial charge in [-0.15, -0.1) is 0 Å². The van der Waals surface area contributed by atoms with Crippen molar-refractivity contribution < 1.29 is 0 Å². The van der Waals surface area contributed by atoms with Gasteiger partial charge in [0.25, 0.3) is 0 Å². The largest absolute Gasteiger partial charge is 0.298 e. The minimum Gasteiger partial charge on any atom is -0.298 e. The quantitative estimate of drug-likeness (QED) is 0.324. The topological polar surface area (TPSA) is 153 Å². The maximum Gasteiger partial charge on any atom is 0.142 e. The first-order valence-corrected chi connectivity index (χ1v) is 7.66. The average molecular weight is 326 g/mol. The van der Waals surface area contributed by atoms with Crippen LogP contribution in [-0.4, -0.2) is 24.0 Å². The molecule has 0 fully saturated rings. The summed E-state index contributed by atoms with van der Waals surface area (Å²) in [6, 6.07) is 10.5. The molecule has 0 aliphatic heterocycles. The lowest BCUT2D eigenvalue weighted by molar-refractivity contribution is 0.568. The van der Waals surface area contributed by atoms with Crippen molar-refractivity contribution in [2.75, 3.05) is 0 Å². The highest BCUT2D eigenvalue weighted by Crippen LogP contribution is 2.29. The van der Waals surface area contributed by atoms with E-state index in [0.29, 0.717) is 12.1 Å². The lowest BCUT2D eigenvalue weighted by Gasteiger charge is -2.08. The maximum atomic E-state index is 5.53. The molecule has 10 N–H and O–H groups in total. The van der Waals surface area contributed by atoms with Crippen LogP contribution in [0.15, 0.2) is 40.5 Å². The molecule has 2 aromatic carbocycles. The Morgan fingerprint density at radius 3 is 2.38 bits per heavy atom. The molecule has 24 heavy (non-hydrogen) atoms. The Morgan fingerprint density at radius 2 is 1.67 bits per heavy atom. The molecule has 0 heterocycles. The van der Waals surface area contributed by atoms with Gasteiger partial charge < -0.3 is 0 Å². The number of fused-ring (bicyclic) bond motifs is 3. The van der Waals surface area contributed by atoms with Crippen LogP contribution in [0.2, 0.25) is 0 Å². The molecule has 0 saturated carbocycles. The van der Waals surface area contributed by atoms with Crippen LogP contribution in [0.25, 0.3) is 10.8 Å². The summed E-state index contributed by atoms with van der Waals surface area (Å²) in [6.07, 6.45) is -0.877. The van der Waals surface area contributed by atoms with Gasteiger partial charge >= 0.3 is 0 Å². The fourth-order valence-electron chi connectivity index (χ4n) is 2.84. The molecule has 2 aromatic rings. The van der Waals surface area contributed by atoms with Crippen LogP contribution >= 0.6 is 0 Å². The van der Waals surface area contributed by atoms with E-state index < -0.39 is 12.6 Å². The number of benzene rings is 2. The van der Waals surface area contributed by atoms with Gasteiger partial charge in [0.15, 0.2) is 0 Å². The second kappa shape index (κ2) is 6.54. The Hall–Kier alpha value is -2.52. The maximum absolute atomic E-state index is 5.53. The van der Waals surface area contributed by atoms with Crippen molar-refractivity contribution in [3.63, 3.8) is 0 Å². The zero-order chi connectivity index (χ0) is 17.3. The molecule has 8 heteroatoms. The number of nitrogens with zero attached hydrogens (tertiary/aromatic N) is 2. The number of hydrazone groups is 2. The summed E-state index contributed by atoms with van der Waals surface area (Å²) in [7, 11) is 0. The summed E-state index contributed by atoms with van der Waals surface area (Å²) in [6.45, 7) is 2.07. The van der Waals surface area contributed by atoms with E-state index in [1.165, 1.54) is 16.3 Å². The highest BCUT2D eigenvalue weighted by molar-refractivity contribution is 6.52. The van der Waals surface area contributed by atoms with E-state index in [-0.39, 0.29) is 0 Å². The number of aryl methyl sites for hydroxylation is 1. The highest BCUT2D eigenvalue weighted by Gasteiger charge is 2.27. The first-order valence-electron chi connectivity index (χ1n) is 7.66. The third-order valence-electron chi connectivity index (χ3n) is 3.83. The van der Waals surface area contributed by atoms with E-state index in [9.17, 15) is 0 Å². The van der Waals surface area contributed by atoms with Crippen LogP contribution in [-0.2, 0) is 6.42 Å². The molecule has 0 amide bonds. The summed E-state index contributed by atoms with van der Waals surface area (Å²) in [5.41, 5.74) is 32.2. The monoisotopic (exact) mass is 326 g/mol. The van der Waals surface area contributed by atoms with Gasteiger partial charge in [0.1, 0.15) is 18.3 Å². The predicted octanol–water partition coefficient (Wildman–Crippen LogP) is -0.654. The van der Waals surface area contributed by atoms with Crippen molar-refractivity contribution in [1.29, 1.82) is 0 Å². The van der Waals surface area contributed by atoms with Crippen molar-refractivity contribution in [3.8, 4) is 0 Å². The summed E-state index contributed by atoms with van der Waals surface area (Å²) < 4.78 is 0. The molecule has 0 saturated heterocycles. The second-order valence-electron chi connectivity index (χ2n) is 5.82. The predicted molar refractivity (Wildman–Crippen MR) is 97.0 cm³/mol. The smallest absolute Gasteiger partial charge is 0.142 e. The summed E-state index contributed by atoms with van der Waals surface area (Å²) in [5.74, 6) is 0. The van der Waals surface area contributed by atoms with E-state index >= 15 is 0 Å². The van der Waals surface area contributed by atoms with Gasteiger partial charge in [0, 0.05) is 12.0 Å². The Labute approximate surface area is 139 Å². The minimum atomic E-state index is -0.754. The molecule has 126 valence electrons. The van der Waals surface area contributed by atoms with Gasteiger partial charge in [-0.2, -0.15) is 10.2 Å². The number of nitrogens with one attached hydrogen (secondary N) is 2. The standard InChI is InChI=1S/C16H22N8/c1-8-2-4-10-9(6-8)3-5-11-12(10)7-13(21-23-15(17)18)14(11)22-24-16(19)20/h2-6,15-16,23-24H,7,17-20H2,1H3/b21-13-,22-14+. The van der Waals surface area contributed by atoms with Crippen molar-refractivity contribution in [2.45, 2.75) is 25.9 Å². The zero-order valence-corrected chi connectivity index (χ0v) is 13.5. The first kappa shape index (κ1) is 16.3. The number of rotatable bonds is 4. The zero-order valence-electron chi connectivity index (χ0n) is 13.5. The molecule has 0 radical (unpaired) electrons. The van der Waals surface area contributed by atoms with Crippen LogP contribution in [0.1, 0.15) is 16.7 Å². The van der Waals surface area contributed by atoms with E-state index in [0.717, 1.165) is 16.8 Å². The normalized spacial score (nSPS) is 17.3. The van der Waals surface area contributed by atoms with Gasteiger partial charge in [0.2, 0.25) is 0 Å². The summed E-state index contributed by atoms with van der Waals surface area (Å²) in [5, 5.41) is 11.0. The minimum absolute atomic E-state index is 0.621. The molecular formula is C16H22N8. The lowest BCUT2D eigenvalue weighted by Crippen LogP contribution is -2.44. The van der Waals surface area contributed by atoms with E-state index in [1.54, 1.807) is 0 Å². The first-order chi connectivity index (χ1) is 11.5. The Morgan fingerprint density at radius 1 is 0.958 bits per heavy atom. The van der Waals surface area contributed by atoms with Crippen LogP contribution < -0.4 is 33.8 Å².